The van der Waals surface area contributed by atoms with Crippen molar-refractivity contribution in [2.75, 3.05) is 18.8 Å². The number of nitrogen functional groups attached to an aromatic ring is 1. The molecule has 1 aliphatic heterocycles. The second-order valence-electron chi connectivity index (χ2n) is 9.27. The summed E-state index contributed by atoms with van der Waals surface area (Å²) in [4.78, 5) is 10.6. The Morgan fingerprint density at radius 2 is 1.76 bits per heavy atom. The maximum absolute atomic E-state index is 10.8. The van der Waals surface area contributed by atoms with Crippen LogP contribution in [0.4, 0.5) is 11.4 Å². The van der Waals surface area contributed by atoms with E-state index in [1.54, 1.807) is 0 Å². The summed E-state index contributed by atoms with van der Waals surface area (Å²) in [6.07, 6.45) is 3.90. The number of fused-ring (bicyclic) bond motifs is 1. The molecule has 4 N–H and O–H groups in total. The normalized spacial score (nSPS) is 15.7. The zero-order valence-electron chi connectivity index (χ0n) is 19.7. The van der Waals surface area contributed by atoms with Gasteiger partial charge in [0, 0.05) is 28.7 Å². The maximum Gasteiger partial charge on any atom is 0.199 e. The van der Waals surface area contributed by atoms with Gasteiger partial charge in [0.05, 0.1) is 17.0 Å². The molecule has 34 heavy (non-hydrogen) atoms. The number of benzene rings is 3. The highest BCUT2D eigenvalue weighted by molar-refractivity contribution is 6.22. The molecular formula is C29H32N4O. The molecule has 174 valence electrons. The first-order chi connectivity index (χ1) is 16.6. The quantitative estimate of drug-likeness (QED) is 0.239. The van der Waals surface area contributed by atoms with Gasteiger partial charge in [-0.05, 0) is 67.7 Å². The molecule has 0 unspecified atom stereocenters. The monoisotopic (exact) mass is 452 g/mol. The van der Waals surface area contributed by atoms with Crippen LogP contribution in [0.5, 0.6) is 5.88 Å². The number of piperidine rings is 1. The van der Waals surface area contributed by atoms with Gasteiger partial charge in [0.2, 0.25) is 0 Å². The lowest BCUT2D eigenvalue weighted by molar-refractivity contribution is 0.175. The second-order valence-corrected chi connectivity index (χ2v) is 9.27. The summed E-state index contributed by atoms with van der Waals surface area (Å²) in [7, 11) is 0. The third-order valence-electron chi connectivity index (χ3n) is 6.95. The number of hydrogen-bond donors (Lipinski definition) is 3. The molecule has 0 saturated carbocycles. The minimum Gasteiger partial charge on any atom is -0.494 e. The zero-order chi connectivity index (χ0) is 23.5. The maximum atomic E-state index is 10.8. The van der Waals surface area contributed by atoms with Gasteiger partial charge in [0.1, 0.15) is 0 Å². The van der Waals surface area contributed by atoms with Gasteiger partial charge in [-0.15, -0.1) is 0 Å². The van der Waals surface area contributed by atoms with Crippen LogP contribution in [0, 0.1) is 5.92 Å². The minimum absolute atomic E-state index is 0.0929. The molecule has 1 fully saturated rings. The number of hydrogen-bond acceptors (Lipinski definition) is 4. The molecule has 1 saturated heterocycles. The standard InChI is InChI=1S/C29H32N4O/c1-2-20-14-16-33(17-15-20)19-21-8-11-24(12-9-21)31-28(22-6-4-3-5-7-22)27-25-18-23(30)10-13-26(25)32-29(27)34/h3-13,18,20,32,34H,2,14-17,19,30H2,1H3. The van der Waals surface area contributed by atoms with E-state index in [4.69, 9.17) is 10.7 Å². The first-order valence-corrected chi connectivity index (χ1v) is 12.2. The lowest BCUT2D eigenvalue weighted by atomic mass is 9.94. The van der Waals surface area contributed by atoms with Crippen molar-refractivity contribution in [1.82, 2.24) is 9.88 Å². The van der Waals surface area contributed by atoms with Crippen LogP contribution in [0.2, 0.25) is 0 Å². The van der Waals surface area contributed by atoms with Crippen molar-refractivity contribution in [3.63, 3.8) is 0 Å². The molecular weight excluding hydrogens is 420 g/mol. The van der Waals surface area contributed by atoms with Gasteiger partial charge < -0.3 is 15.8 Å². The van der Waals surface area contributed by atoms with Crippen molar-refractivity contribution >= 4 is 28.0 Å². The third-order valence-corrected chi connectivity index (χ3v) is 6.95. The summed E-state index contributed by atoms with van der Waals surface area (Å²) in [6.45, 7) is 5.64. The van der Waals surface area contributed by atoms with E-state index >= 15 is 0 Å². The van der Waals surface area contributed by atoms with Crippen LogP contribution >= 0.6 is 0 Å². The molecule has 3 aromatic carbocycles. The lowest BCUT2D eigenvalue weighted by Gasteiger charge is -2.31. The van der Waals surface area contributed by atoms with Crippen molar-refractivity contribution in [1.29, 1.82) is 0 Å². The Bertz CT molecular complexity index is 1280. The van der Waals surface area contributed by atoms with Gasteiger partial charge >= 0.3 is 0 Å². The number of anilines is 1. The third kappa shape index (κ3) is 4.70. The number of aromatic amines is 1. The van der Waals surface area contributed by atoms with Gasteiger partial charge in [0.15, 0.2) is 5.88 Å². The van der Waals surface area contributed by atoms with Gasteiger partial charge in [-0.3, -0.25) is 4.90 Å². The summed E-state index contributed by atoms with van der Waals surface area (Å²) >= 11 is 0. The largest absolute Gasteiger partial charge is 0.494 e. The smallest absolute Gasteiger partial charge is 0.199 e. The van der Waals surface area contributed by atoms with Crippen molar-refractivity contribution < 1.29 is 5.11 Å². The number of aromatic hydroxyl groups is 1. The van der Waals surface area contributed by atoms with Crippen LogP contribution < -0.4 is 5.73 Å². The van der Waals surface area contributed by atoms with E-state index in [2.05, 4.69) is 41.1 Å². The molecule has 0 atom stereocenters. The summed E-state index contributed by atoms with van der Waals surface area (Å²) in [5, 5.41) is 11.7. The van der Waals surface area contributed by atoms with Gasteiger partial charge in [-0.2, -0.15) is 0 Å². The molecule has 5 nitrogen and oxygen atoms in total. The first kappa shape index (κ1) is 22.2. The van der Waals surface area contributed by atoms with Crippen molar-refractivity contribution in [3.8, 4) is 5.88 Å². The molecule has 5 rings (SSSR count). The Kier molecular flexibility index (Phi) is 6.37. The average Bonchev–Trinajstić information content (AvgIpc) is 3.19. The predicted molar refractivity (Wildman–Crippen MR) is 141 cm³/mol. The molecule has 0 spiro atoms. The fourth-order valence-corrected chi connectivity index (χ4v) is 4.91. The Balaban J connectivity index is 1.46. The van der Waals surface area contributed by atoms with Gasteiger partial charge in [0.25, 0.3) is 0 Å². The van der Waals surface area contributed by atoms with Crippen LogP contribution in [0.15, 0.2) is 77.8 Å². The lowest BCUT2D eigenvalue weighted by Crippen LogP contribution is -2.32. The van der Waals surface area contributed by atoms with E-state index in [1.165, 1.54) is 37.9 Å². The van der Waals surface area contributed by atoms with Crippen molar-refractivity contribution in [2.45, 2.75) is 32.7 Å². The number of nitrogens with one attached hydrogen (secondary N) is 1. The predicted octanol–water partition coefficient (Wildman–Crippen LogP) is 6.25. The molecule has 5 heteroatoms. The van der Waals surface area contributed by atoms with Crippen molar-refractivity contribution in [2.24, 2.45) is 10.9 Å². The molecule has 1 aliphatic rings. The van der Waals surface area contributed by atoms with Crippen LogP contribution in [-0.4, -0.2) is 33.8 Å². The number of aromatic nitrogens is 1. The molecule has 2 heterocycles. The molecule has 0 amide bonds. The number of likely N-dealkylation sites (tertiary alicyclic amines) is 1. The van der Waals surface area contributed by atoms with Crippen LogP contribution in [0.3, 0.4) is 0 Å². The topological polar surface area (TPSA) is 77.6 Å². The van der Waals surface area contributed by atoms with E-state index in [-0.39, 0.29) is 5.88 Å². The highest BCUT2D eigenvalue weighted by Gasteiger charge is 2.20. The number of nitrogens with two attached hydrogens (primary N) is 1. The summed E-state index contributed by atoms with van der Waals surface area (Å²) < 4.78 is 0. The highest BCUT2D eigenvalue weighted by atomic mass is 16.3. The first-order valence-electron chi connectivity index (χ1n) is 12.2. The van der Waals surface area contributed by atoms with E-state index in [0.29, 0.717) is 17.0 Å². The van der Waals surface area contributed by atoms with E-state index in [1.807, 2.05) is 48.5 Å². The summed E-state index contributed by atoms with van der Waals surface area (Å²) in [5.41, 5.74) is 12.0. The Hall–Kier alpha value is -3.57. The molecule has 0 bridgehead atoms. The van der Waals surface area contributed by atoms with Gasteiger partial charge in [-0.1, -0.05) is 55.8 Å². The molecule has 0 aliphatic carbocycles. The Morgan fingerprint density at radius 1 is 1.03 bits per heavy atom. The molecule has 1 aromatic heterocycles. The highest BCUT2D eigenvalue weighted by Crippen LogP contribution is 2.32. The minimum atomic E-state index is 0.0929. The number of H-pyrrole nitrogens is 1. The number of rotatable bonds is 6. The summed E-state index contributed by atoms with van der Waals surface area (Å²) in [5.74, 6) is 0.982. The number of nitrogens with zero attached hydrogens (tertiary/aromatic N) is 2. The SMILES string of the molecule is CCC1CCN(Cc2ccc(N=C(c3ccccc3)c3c(O)[nH]c4ccc(N)cc34)cc2)CC1. The zero-order valence-corrected chi connectivity index (χ0v) is 19.7. The Morgan fingerprint density at radius 3 is 2.47 bits per heavy atom. The van der Waals surface area contributed by atoms with E-state index < -0.39 is 0 Å². The fraction of sp³-hybridized carbons (Fsp3) is 0.276. The van der Waals surface area contributed by atoms with Crippen LogP contribution in [-0.2, 0) is 6.54 Å². The average molecular weight is 453 g/mol. The second kappa shape index (κ2) is 9.74. The fourth-order valence-electron chi connectivity index (χ4n) is 4.91. The van der Waals surface area contributed by atoms with E-state index in [0.717, 1.165) is 34.6 Å². The van der Waals surface area contributed by atoms with Gasteiger partial charge in [-0.25, -0.2) is 4.99 Å². The van der Waals surface area contributed by atoms with Crippen LogP contribution in [0.1, 0.15) is 42.9 Å². The summed E-state index contributed by atoms with van der Waals surface area (Å²) in [6, 6.07) is 24.0. The number of aliphatic imine (C=N–C) groups is 1. The van der Waals surface area contributed by atoms with Crippen molar-refractivity contribution in [3.05, 3.63) is 89.5 Å². The molecule has 0 radical (unpaired) electrons. The van der Waals surface area contributed by atoms with E-state index in [9.17, 15) is 5.11 Å². The van der Waals surface area contributed by atoms with Crippen LogP contribution in [0.25, 0.3) is 10.9 Å². The molecule has 4 aromatic rings. The Labute approximate surface area is 201 Å².